The number of anilines is 1. The van der Waals surface area contributed by atoms with E-state index in [2.05, 4.69) is 26.2 Å². The number of likely N-dealkylation sites (N-methyl/N-ethyl adjacent to an activating group) is 2. The van der Waals surface area contributed by atoms with E-state index in [4.69, 9.17) is 24.8 Å². The molecule has 0 aromatic heterocycles. The monoisotopic (exact) mass is 1110 g/mol. The Balaban J connectivity index is 1.43. The summed E-state index contributed by atoms with van der Waals surface area (Å²) in [6.45, 7) is 14.9. The molecule has 2 aromatic rings. The van der Waals surface area contributed by atoms with E-state index in [0.29, 0.717) is 55.6 Å². The third-order valence-electron chi connectivity index (χ3n) is 14.6. The lowest BCUT2D eigenvalue weighted by Crippen LogP contribution is -2.59. The highest BCUT2D eigenvalue weighted by Crippen LogP contribution is 2.31. The van der Waals surface area contributed by atoms with E-state index in [0.717, 1.165) is 5.56 Å². The van der Waals surface area contributed by atoms with Crippen molar-refractivity contribution in [3.8, 4) is 5.75 Å². The van der Waals surface area contributed by atoms with Crippen molar-refractivity contribution in [3.63, 3.8) is 0 Å². The number of sulfonamides is 1. The van der Waals surface area contributed by atoms with Crippen LogP contribution in [0.15, 0.2) is 48.5 Å². The Morgan fingerprint density at radius 1 is 0.782 bits per heavy atom. The van der Waals surface area contributed by atoms with Gasteiger partial charge in [-0.25, -0.2) is 13.9 Å². The minimum Gasteiger partial charge on any atom is -0.484 e. The lowest BCUT2D eigenvalue weighted by Gasteiger charge is -2.41. The fourth-order valence-corrected chi connectivity index (χ4v) is 11.2. The van der Waals surface area contributed by atoms with E-state index in [-0.39, 0.29) is 60.8 Å². The fourth-order valence-electron chi connectivity index (χ4n) is 9.87. The number of hydrogen-bond donors (Lipinski definition) is 6. The van der Waals surface area contributed by atoms with Crippen molar-refractivity contribution in [1.82, 2.24) is 35.5 Å². The minimum atomic E-state index is -4.00. The number of likely N-dealkylation sites (tertiary alicyclic amines) is 1. The van der Waals surface area contributed by atoms with E-state index in [1.165, 1.54) is 14.2 Å². The first-order valence-corrected chi connectivity index (χ1v) is 28.5. The lowest BCUT2D eigenvalue weighted by atomic mass is 9.89. The number of nitrogens with two attached hydrogens (primary N) is 1. The van der Waals surface area contributed by atoms with E-state index in [1.807, 2.05) is 60.5 Å². The molecular formula is C55H87N9O13S. The number of nitrogens with zero attached hydrogens (tertiary/aromatic N) is 3. The van der Waals surface area contributed by atoms with Crippen molar-refractivity contribution in [2.75, 3.05) is 53.8 Å². The Labute approximate surface area is 461 Å². The maximum absolute atomic E-state index is 14.5. The van der Waals surface area contributed by atoms with Gasteiger partial charge in [0.15, 0.2) is 6.61 Å². The van der Waals surface area contributed by atoms with Crippen LogP contribution < -0.4 is 36.6 Å². The van der Waals surface area contributed by atoms with Gasteiger partial charge >= 0.3 is 0 Å². The number of nitrogens with one attached hydrogen (secondary N) is 5. The first kappa shape index (κ1) is 64.8. The number of ether oxygens (including phenoxy) is 3. The number of rotatable bonds is 31. The zero-order chi connectivity index (χ0) is 58.2. The fraction of sp³-hybridized carbons (Fsp3) is 0.655. The maximum atomic E-state index is 14.5. The summed E-state index contributed by atoms with van der Waals surface area (Å²) in [4.78, 5) is 105. The molecule has 23 heteroatoms. The molecule has 1 aliphatic heterocycles. The average Bonchev–Trinajstić information content (AvgIpc) is 4.17. The average molecular weight is 1110 g/mol. The summed E-state index contributed by atoms with van der Waals surface area (Å²) in [5.74, 6) is -4.23. The molecule has 1 aliphatic carbocycles. The second-order valence-corrected chi connectivity index (χ2v) is 23.6. The molecule has 1 heterocycles. The van der Waals surface area contributed by atoms with Crippen LogP contribution in [-0.2, 0) is 70.9 Å². The highest BCUT2D eigenvalue weighted by Gasteiger charge is 2.44. The zero-order valence-corrected chi connectivity index (χ0v) is 48.6. The number of carbonyl (C=O) groups excluding carboxylic acids is 7. The van der Waals surface area contributed by atoms with Crippen LogP contribution in [0.5, 0.6) is 5.75 Å². The normalized spacial score (nSPS) is 18.2. The first-order chi connectivity index (χ1) is 36.7. The molecule has 4 rings (SSSR count). The van der Waals surface area contributed by atoms with Crippen LogP contribution in [-0.4, -0.2) is 167 Å². The minimum absolute atomic E-state index is 0.00668. The Morgan fingerprint density at radius 2 is 1.41 bits per heavy atom. The van der Waals surface area contributed by atoms with Gasteiger partial charge in [0.25, 0.3) is 11.8 Å². The Morgan fingerprint density at radius 3 is 1.95 bits per heavy atom. The SMILES string of the molecule is CCC(C)C(C(CC(=O)N1CCCC1C(OC)C(C)C(=O)NC(Cc1ccc(OCC(=O)NOCc2ccc(NC(=O)C(C)N)cc2)cc1)C(=O)NS(=O)(=O)C1CC1)OC)N(C)C(=O)C(NC(=O)C(C(C)C)N(C)C)C(C)C. The van der Waals surface area contributed by atoms with E-state index in [1.54, 1.807) is 79.2 Å². The topological polar surface area (TPSA) is 286 Å². The smallest absolute Gasteiger partial charge is 0.281 e. The molecule has 22 nitrogen and oxygen atoms in total. The van der Waals surface area contributed by atoms with Gasteiger partial charge in [0, 0.05) is 39.9 Å². The van der Waals surface area contributed by atoms with Gasteiger partial charge in [-0.05, 0) is 99.8 Å². The van der Waals surface area contributed by atoms with Crippen LogP contribution in [0.2, 0.25) is 0 Å². The third kappa shape index (κ3) is 18.4. The van der Waals surface area contributed by atoms with Gasteiger partial charge in [0.1, 0.15) is 17.8 Å². The quantitative estimate of drug-likeness (QED) is 0.0592. The molecule has 10 atom stereocenters. The number of benzene rings is 2. The molecule has 0 radical (unpaired) electrons. The highest BCUT2D eigenvalue weighted by atomic mass is 32.2. The van der Waals surface area contributed by atoms with E-state index in [9.17, 15) is 42.0 Å². The molecule has 78 heavy (non-hydrogen) atoms. The molecule has 1 saturated heterocycles. The van der Waals surface area contributed by atoms with E-state index >= 15 is 0 Å². The van der Waals surface area contributed by atoms with Gasteiger partial charge in [-0.1, -0.05) is 79.2 Å². The largest absolute Gasteiger partial charge is 0.484 e. The summed E-state index contributed by atoms with van der Waals surface area (Å²) in [6.07, 6.45) is 0.816. The lowest BCUT2D eigenvalue weighted by molar-refractivity contribution is -0.148. The molecule has 436 valence electrons. The molecule has 7 N–H and O–H groups in total. The van der Waals surface area contributed by atoms with Crippen LogP contribution in [0.3, 0.4) is 0 Å². The number of carbonyl (C=O) groups is 7. The number of hydrogen-bond acceptors (Lipinski definition) is 15. The van der Waals surface area contributed by atoms with Gasteiger partial charge < -0.3 is 45.7 Å². The summed E-state index contributed by atoms with van der Waals surface area (Å²) in [5.41, 5.74) is 9.72. The number of amides is 7. The molecule has 7 amide bonds. The number of methoxy groups -OCH3 is 2. The molecule has 0 bridgehead atoms. The Bertz CT molecular complexity index is 2430. The standard InChI is InChI=1S/C55H87N9O13S/c1-14-34(6)49(63(11)55(71)47(32(2)3)59-54(70)48(33(4)5)62(9)10)44(74-12)29-46(66)64-27-15-16-43(64)50(75-13)35(7)51(67)58-42(53(69)61-78(72,73)41-25-26-41)28-37-19-23-40(24-20-37)76-31-45(65)60-77-30-38-17-21-39(22-18-38)57-52(68)36(8)56/h17-24,32-36,41-44,47-50H,14-16,25-31,56H2,1-13H3,(H,57,68)(H,58,67)(H,59,70)(H,60,65)(H,61,69). The summed E-state index contributed by atoms with van der Waals surface area (Å²) in [6, 6.07) is 8.76. The molecule has 10 unspecified atom stereocenters. The van der Waals surface area contributed by atoms with Crippen LogP contribution in [0, 0.1) is 23.7 Å². The third-order valence-corrected chi connectivity index (χ3v) is 16.4. The maximum Gasteiger partial charge on any atom is 0.281 e. The molecule has 2 aromatic carbocycles. The predicted molar refractivity (Wildman–Crippen MR) is 295 cm³/mol. The molecule has 2 aliphatic rings. The van der Waals surface area contributed by atoms with Crippen molar-refractivity contribution < 1.29 is 61.0 Å². The van der Waals surface area contributed by atoms with Gasteiger partial charge in [0.05, 0.1) is 60.6 Å². The summed E-state index contributed by atoms with van der Waals surface area (Å²) < 4.78 is 45.8. The van der Waals surface area contributed by atoms with Crippen LogP contribution in [0.1, 0.15) is 105 Å². The molecular weight excluding hydrogens is 1030 g/mol. The van der Waals surface area contributed by atoms with Gasteiger partial charge in [-0.15, -0.1) is 0 Å². The van der Waals surface area contributed by atoms with Crippen molar-refractivity contribution in [2.24, 2.45) is 29.4 Å². The molecule has 1 saturated carbocycles. The van der Waals surface area contributed by atoms with Crippen molar-refractivity contribution in [1.29, 1.82) is 0 Å². The second kappa shape index (κ2) is 30.0. The number of hydroxylamine groups is 1. The summed E-state index contributed by atoms with van der Waals surface area (Å²) in [7, 11) is 4.29. The van der Waals surface area contributed by atoms with Crippen molar-refractivity contribution in [2.45, 2.75) is 161 Å². The first-order valence-electron chi connectivity index (χ1n) is 27.0. The summed E-state index contributed by atoms with van der Waals surface area (Å²) >= 11 is 0. The van der Waals surface area contributed by atoms with Crippen molar-refractivity contribution >= 4 is 57.1 Å². The molecule has 2 fully saturated rings. The molecule has 0 spiro atoms. The van der Waals surface area contributed by atoms with Gasteiger partial charge in [-0.2, -0.15) is 0 Å². The zero-order valence-electron chi connectivity index (χ0n) is 47.8. The predicted octanol–water partition coefficient (Wildman–Crippen LogP) is 2.88. The Hall–Kier alpha value is -5.72. The van der Waals surface area contributed by atoms with E-state index < -0.39 is 94.0 Å². The van der Waals surface area contributed by atoms with Crippen LogP contribution in [0.4, 0.5) is 5.69 Å². The van der Waals surface area contributed by atoms with Crippen LogP contribution >= 0.6 is 0 Å². The van der Waals surface area contributed by atoms with Crippen LogP contribution in [0.25, 0.3) is 0 Å². The summed E-state index contributed by atoms with van der Waals surface area (Å²) in [5, 5.41) is 7.76. The second-order valence-electron chi connectivity index (χ2n) is 21.7. The Kier molecular flexibility index (Phi) is 24.9. The van der Waals surface area contributed by atoms with Gasteiger partial charge in [-0.3, -0.25) is 48.0 Å². The van der Waals surface area contributed by atoms with Gasteiger partial charge in [0.2, 0.25) is 39.6 Å². The van der Waals surface area contributed by atoms with Crippen molar-refractivity contribution in [3.05, 3.63) is 59.7 Å². The highest BCUT2D eigenvalue weighted by molar-refractivity contribution is 7.90.